The Morgan fingerprint density at radius 3 is 2.75 bits per heavy atom. The van der Waals surface area contributed by atoms with Crippen molar-refractivity contribution in [3.05, 3.63) is 17.8 Å². The Morgan fingerprint density at radius 1 is 1.58 bits per heavy atom. The zero-order valence-electron chi connectivity index (χ0n) is 7.00. The van der Waals surface area contributed by atoms with Gasteiger partial charge in [0.25, 0.3) is 0 Å². The Bertz CT molecular complexity index is 310. The molecule has 1 aromatic heterocycles. The van der Waals surface area contributed by atoms with Gasteiger partial charge in [0.05, 0.1) is 5.69 Å². The molecule has 0 saturated carbocycles. The summed E-state index contributed by atoms with van der Waals surface area (Å²) in [6, 6.07) is 3.21. The summed E-state index contributed by atoms with van der Waals surface area (Å²) in [4.78, 5) is 14.5. The van der Waals surface area contributed by atoms with Gasteiger partial charge in [0.15, 0.2) is 5.75 Å². The summed E-state index contributed by atoms with van der Waals surface area (Å²) in [6.07, 6.45) is 0. The number of rotatable bonds is 1. The van der Waals surface area contributed by atoms with E-state index in [2.05, 4.69) is 4.98 Å². The van der Waals surface area contributed by atoms with Gasteiger partial charge >= 0.3 is 5.97 Å². The van der Waals surface area contributed by atoms with Crippen molar-refractivity contribution in [1.82, 2.24) is 4.98 Å². The number of hydrogen-bond donors (Lipinski definition) is 1. The minimum absolute atomic E-state index is 0.357. The van der Waals surface area contributed by atoms with E-state index in [0.29, 0.717) is 17.3 Å². The van der Waals surface area contributed by atoms with Gasteiger partial charge in [-0.15, -0.1) is 0 Å². The fourth-order valence-electron chi connectivity index (χ4n) is 0.830. The number of carbonyl (C=O) groups excluding carboxylic acids is 1. The van der Waals surface area contributed by atoms with Gasteiger partial charge in [-0.3, -0.25) is 4.79 Å². The minimum atomic E-state index is -0.357. The third kappa shape index (κ3) is 1.95. The van der Waals surface area contributed by atoms with Gasteiger partial charge < -0.3 is 10.5 Å². The number of carbonyl (C=O) groups is 1. The maximum atomic E-state index is 10.6. The lowest BCUT2D eigenvalue weighted by atomic mass is 10.3. The molecule has 0 spiro atoms. The molecule has 0 atom stereocenters. The van der Waals surface area contributed by atoms with Crippen LogP contribution in [0, 0.1) is 6.92 Å². The second kappa shape index (κ2) is 3.21. The molecule has 0 bridgehead atoms. The van der Waals surface area contributed by atoms with Gasteiger partial charge in [0.2, 0.25) is 0 Å². The molecule has 4 heteroatoms. The molecule has 1 heterocycles. The number of ether oxygens (including phenoxy) is 1. The Kier molecular flexibility index (Phi) is 2.28. The van der Waals surface area contributed by atoms with E-state index < -0.39 is 0 Å². The molecule has 64 valence electrons. The molecule has 0 amide bonds. The number of aromatic nitrogens is 1. The number of esters is 1. The molecule has 0 aliphatic carbocycles. The summed E-state index contributed by atoms with van der Waals surface area (Å²) in [5.41, 5.74) is 6.02. The van der Waals surface area contributed by atoms with Crippen LogP contribution in [0.5, 0.6) is 5.75 Å². The van der Waals surface area contributed by atoms with Crippen LogP contribution >= 0.6 is 0 Å². The Hall–Kier alpha value is -1.58. The second-order valence-corrected chi connectivity index (χ2v) is 2.41. The van der Waals surface area contributed by atoms with Crippen molar-refractivity contribution in [2.24, 2.45) is 0 Å². The van der Waals surface area contributed by atoms with Gasteiger partial charge in [-0.05, 0) is 19.1 Å². The van der Waals surface area contributed by atoms with Gasteiger partial charge in [0, 0.05) is 6.92 Å². The van der Waals surface area contributed by atoms with E-state index in [1.165, 1.54) is 6.92 Å². The number of nitrogen functional groups attached to an aromatic ring is 1. The predicted octanol–water partition coefficient (Wildman–Crippen LogP) is 0.898. The van der Waals surface area contributed by atoms with Crippen LogP contribution in [-0.4, -0.2) is 11.0 Å². The fourth-order valence-corrected chi connectivity index (χ4v) is 0.830. The number of aryl methyl sites for hydroxylation is 1. The highest BCUT2D eigenvalue weighted by atomic mass is 16.5. The first-order valence-electron chi connectivity index (χ1n) is 3.51. The SMILES string of the molecule is CC(=O)Oc1ccc(N)nc1C. The van der Waals surface area contributed by atoms with Crippen LogP contribution in [-0.2, 0) is 4.79 Å². The number of nitrogens with zero attached hydrogens (tertiary/aromatic N) is 1. The molecule has 0 aromatic carbocycles. The van der Waals surface area contributed by atoms with Crippen LogP contribution in [0.1, 0.15) is 12.6 Å². The smallest absolute Gasteiger partial charge is 0.308 e. The monoisotopic (exact) mass is 166 g/mol. The zero-order chi connectivity index (χ0) is 9.14. The number of anilines is 1. The van der Waals surface area contributed by atoms with Gasteiger partial charge in [0.1, 0.15) is 5.82 Å². The number of nitrogens with two attached hydrogens (primary N) is 1. The van der Waals surface area contributed by atoms with Crippen LogP contribution < -0.4 is 10.5 Å². The van der Waals surface area contributed by atoms with Crippen LogP contribution in [0.3, 0.4) is 0 Å². The summed E-state index contributed by atoms with van der Waals surface area (Å²) in [5, 5.41) is 0. The first-order valence-corrected chi connectivity index (χ1v) is 3.51. The summed E-state index contributed by atoms with van der Waals surface area (Å²) in [6.45, 7) is 3.07. The molecule has 0 aliphatic rings. The third-order valence-electron chi connectivity index (χ3n) is 1.31. The standard InChI is InChI=1S/C8H10N2O2/c1-5-7(12-6(2)11)3-4-8(9)10-5/h3-4H,1-2H3,(H2,9,10). The van der Waals surface area contributed by atoms with Gasteiger partial charge in [-0.2, -0.15) is 0 Å². The van der Waals surface area contributed by atoms with Crippen molar-refractivity contribution in [3.8, 4) is 5.75 Å². The van der Waals surface area contributed by atoms with Crippen LogP contribution in [0.25, 0.3) is 0 Å². The van der Waals surface area contributed by atoms with Crippen molar-refractivity contribution in [1.29, 1.82) is 0 Å². The van der Waals surface area contributed by atoms with Crippen molar-refractivity contribution in [2.75, 3.05) is 5.73 Å². The average molecular weight is 166 g/mol. The maximum absolute atomic E-state index is 10.6. The molecule has 0 radical (unpaired) electrons. The molecule has 1 aromatic rings. The van der Waals surface area contributed by atoms with E-state index in [-0.39, 0.29) is 5.97 Å². The summed E-state index contributed by atoms with van der Waals surface area (Å²) >= 11 is 0. The molecule has 1 rings (SSSR count). The summed E-state index contributed by atoms with van der Waals surface area (Å²) in [7, 11) is 0. The lowest BCUT2D eigenvalue weighted by Gasteiger charge is -2.03. The average Bonchev–Trinajstić information content (AvgIpc) is 1.94. The minimum Gasteiger partial charge on any atom is -0.425 e. The molecule has 12 heavy (non-hydrogen) atoms. The van der Waals surface area contributed by atoms with E-state index in [0.717, 1.165) is 0 Å². The van der Waals surface area contributed by atoms with E-state index in [1.54, 1.807) is 19.1 Å². The van der Waals surface area contributed by atoms with Crippen LogP contribution in [0.2, 0.25) is 0 Å². The van der Waals surface area contributed by atoms with Crippen molar-refractivity contribution >= 4 is 11.8 Å². The van der Waals surface area contributed by atoms with E-state index >= 15 is 0 Å². The van der Waals surface area contributed by atoms with E-state index in [1.807, 2.05) is 0 Å². The highest BCUT2D eigenvalue weighted by Crippen LogP contribution is 2.16. The third-order valence-corrected chi connectivity index (χ3v) is 1.31. The van der Waals surface area contributed by atoms with Crippen molar-refractivity contribution < 1.29 is 9.53 Å². The lowest BCUT2D eigenvalue weighted by Crippen LogP contribution is -2.04. The first kappa shape index (κ1) is 8.52. The fraction of sp³-hybridized carbons (Fsp3) is 0.250. The topological polar surface area (TPSA) is 65.2 Å². The maximum Gasteiger partial charge on any atom is 0.308 e. The molecule has 0 unspecified atom stereocenters. The van der Waals surface area contributed by atoms with Gasteiger partial charge in [-0.1, -0.05) is 0 Å². The normalized spacial score (nSPS) is 9.50. The molecular formula is C8H10N2O2. The summed E-state index contributed by atoms with van der Waals surface area (Å²) in [5.74, 6) is 0.518. The molecule has 0 fully saturated rings. The second-order valence-electron chi connectivity index (χ2n) is 2.41. The van der Waals surface area contributed by atoms with Crippen LogP contribution in [0.15, 0.2) is 12.1 Å². The Labute approximate surface area is 70.4 Å². The van der Waals surface area contributed by atoms with Crippen LogP contribution in [0.4, 0.5) is 5.82 Å². The Morgan fingerprint density at radius 2 is 2.25 bits per heavy atom. The lowest BCUT2D eigenvalue weighted by molar-refractivity contribution is -0.131. The highest BCUT2D eigenvalue weighted by Gasteiger charge is 2.02. The molecule has 4 nitrogen and oxygen atoms in total. The Balaban J connectivity index is 2.93. The largest absolute Gasteiger partial charge is 0.425 e. The molecule has 0 aliphatic heterocycles. The summed E-state index contributed by atoms with van der Waals surface area (Å²) < 4.78 is 4.84. The number of pyridine rings is 1. The number of hydrogen-bond acceptors (Lipinski definition) is 4. The van der Waals surface area contributed by atoms with Crippen molar-refractivity contribution in [2.45, 2.75) is 13.8 Å². The van der Waals surface area contributed by atoms with Gasteiger partial charge in [-0.25, -0.2) is 4.98 Å². The first-order chi connectivity index (χ1) is 5.59. The molecule has 2 N–H and O–H groups in total. The molecule has 0 saturated heterocycles. The van der Waals surface area contributed by atoms with E-state index in [9.17, 15) is 4.79 Å². The van der Waals surface area contributed by atoms with E-state index in [4.69, 9.17) is 10.5 Å². The highest BCUT2D eigenvalue weighted by molar-refractivity contribution is 5.69. The molecular weight excluding hydrogens is 156 g/mol. The predicted molar refractivity (Wildman–Crippen MR) is 44.7 cm³/mol. The zero-order valence-corrected chi connectivity index (χ0v) is 7.00. The quantitative estimate of drug-likeness (QED) is 0.629. The van der Waals surface area contributed by atoms with Crippen molar-refractivity contribution in [3.63, 3.8) is 0 Å².